The van der Waals surface area contributed by atoms with Gasteiger partial charge in [-0.25, -0.2) is 0 Å². The minimum Gasteiger partial charge on any atom is -0.375 e. The van der Waals surface area contributed by atoms with E-state index in [1.165, 1.54) is 11.5 Å². The molecule has 3 N–H and O–H groups in total. The van der Waals surface area contributed by atoms with Crippen molar-refractivity contribution >= 4 is 50.5 Å². The number of hydrogen-bond acceptors (Lipinski definition) is 4. The third kappa shape index (κ3) is 2.73. The van der Waals surface area contributed by atoms with Gasteiger partial charge in [-0.15, -0.1) is 0 Å². The van der Waals surface area contributed by atoms with Crippen molar-refractivity contribution in [1.82, 2.24) is 9.80 Å². The Balaban J connectivity index is 2.89. The third-order valence-electron chi connectivity index (χ3n) is 1.45. The molecular formula is C7H9BrN4S2. The summed E-state index contributed by atoms with van der Waals surface area (Å²) in [6, 6.07) is 0. The molecule has 0 aliphatic rings. The minimum atomic E-state index is 0.154. The molecule has 0 unspecified atom stereocenters. The van der Waals surface area contributed by atoms with Gasteiger partial charge in [0.15, 0.2) is 5.11 Å². The van der Waals surface area contributed by atoms with Crippen LogP contribution in [0, 0.1) is 6.92 Å². The molecule has 7 heteroatoms. The summed E-state index contributed by atoms with van der Waals surface area (Å²) in [7, 11) is 0. The topological polar surface area (TPSA) is 63.3 Å². The summed E-state index contributed by atoms with van der Waals surface area (Å²) in [5.74, 6) is 0. The third-order valence-corrected chi connectivity index (χ3v) is 3.82. The summed E-state index contributed by atoms with van der Waals surface area (Å²) >= 11 is 9.45. The number of nitrogens with zero attached hydrogens (tertiary/aromatic N) is 2. The van der Waals surface area contributed by atoms with Crippen molar-refractivity contribution in [3.05, 3.63) is 15.0 Å². The molecular weight excluding hydrogens is 284 g/mol. The zero-order valence-electron chi connectivity index (χ0n) is 7.67. The van der Waals surface area contributed by atoms with Crippen molar-refractivity contribution in [1.29, 1.82) is 0 Å². The van der Waals surface area contributed by atoms with E-state index in [-0.39, 0.29) is 5.11 Å². The molecule has 0 bridgehead atoms. The van der Waals surface area contributed by atoms with Gasteiger partial charge in [0.05, 0.1) is 20.8 Å². The van der Waals surface area contributed by atoms with E-state index in [0.29, 0.717) is 0 Å². The number of nitrogens with one attached hydrogen (secondary N) is 1. The molecule has 0 atom stereocenters. The smallest absolute Gasteiger partial charge is 0.184 e. The second kappa shape index (κ2) is 4.81. The highest BCUT2D eigenvalue weighted by Gasteiger charge is 2.10. The standard InChI is InChI=1S/C7H9BrN4S2/c1-3-5(8)6(14-12-3)4(2)10-11-7(9)13/h1-2H3,(H3,9,11,13). The van der Waals surface area contributed by atoms with E-state index in [0.717, 1.165) is 20.8 Å². The fourth-order valence-corrected chi connectivity index (χ4v) is 2.25. The number of hydrogen-bond donors (Lipinski definition) is 2. The summed E-state index contributed by atoms with van der Waals surface area (Å²) in [6.45, 7) is 3.79. The van der Waals surface area contributed by atoms with Crippen LogP contribution in [-0.4, -0.2) is 15.2 Å². The summed E-state index contributed by atoms with van der Waals surface area (Å²) in [6.07, 6.45) is 0. The first-order valence-electron chi connectivity index (χ1n) is 3.74. The Morgan fingerprint density at radius 3 is 2.79 bits per heavy atom. The maximum Gasteiger partial charge on any atom is 0.184 e. The first kappa shape index (κ1) is 11.5. The molecule has 0 amide bonds. The fraction of sp³-hybridized carbons (Fsp3) is 0.286. The van der Waals surface area contributed by atoms with Crippen LogP contribution in [0.15, 0.2) is 9.57 Å². The molecule has 76 valence electrons. The van der Waals surface area contributed by atoms with E-state index in [1.54, 1.807) is 0 Å². The molecule has 0 aliphatic carbocycles. The van der Waals surface area contributed by atoms with Crippen LogP contribution in [-0.2, 0) is 0 Å². The largest absolute Gasteiger partial charge is 0.375 e. The van der Waals surface area contributed by atoms with Crippen LogP contribution in [0.5, 0.6) is 0 Å². The fourth-order valence-electron chi connectivity index (χ4n) is 0.773. The van der Waals surface area contributed by atoms with Crippen LogP contribution < -0.4 is 11.2 Å². The zero-order valence-corrected chi connectivity index (χ0v) is 10.9. The molecule has 0 fully saturated rings. The highest BCUT2D eigenvalue weighted by atomic mass is 79.9. The Morgan fingerprint density at radius 1 is 1.71 bits per heavy atom. The maximum atomic E-state index is 5.25. The summed E-state index contributed by atoms with van der Waals surface area (Å²) in [4.78, 5) is 0.978. The molecule has 0 saturated carbocycles. The van der Waals surface area contributed by atoms with Gasteiger partial charge in [0.25, 0.3) is 0 Å². The van der Waals surface area contributed by atoms with E-state index in [2.05, 4.69) is 43.0 Å². The Kier molecular flexibility index (Phi) is 3.97. The first-order chi connectivity index (χ1) is 6.52. The van der Waals surface area contributed by atoms with E-state index in [1.807, 2.05) is 13.8 Å². The van der Waals surface area contributed by atoms with Crippen molar-refractivity contribution in [3.63, 3.8) is 0 Å². The van der Waals surface area contributed by atoms with Crippen molar-refractivity contribution in [2.24, 2.45) is 10.8 Å². The van der Waals surface area contributed by atoms with Gasteiger partial charge in [0.1, 0.15) is 0 Å². The molecule has 0 aliphatic heterocycles. The van der Waals surface area contributed by atoms with Crippen LogP contribution in [0.3, 0.4) is 0 Å². The molecule has 0 spiro atoms. The number of aromatic nitrogens is 1. The van der Waals surface area contributed by atoms with Gasteiger partial charge in [0, 0.05) is 0 Å². The molecule has 0 aromatic carbocycles. The molecule has 4 nitrogen and oxygen atoms in total. The van der Waals surface area contributed by atoms with Crippen molar-refractivity contribution < 1.29 is 0 Å². The van der Waals surface area contributed by atoms with Crippen LogP contribution in [0.25, 0.3) is 0 Å². The number of hydrazone groups is 1. The Bertz CT molecular complexity index is 385. The molecule has 0 radical (unpaired) electrons. The molecule has 1 rings (SSSR count). The van der Waals surface area contributed by atoms with E-state index in [9.17, 15) is 0 Å². The summed E-state index contributed by atoms with van der Waals surface area (Å²) in [5, 5.41) is 4.16. The Labute approximate surface area is 99.9 Å². The monoisotopic (exact) mass is 292 g/mol. The predicted molar refractivity (Wildman–Crippen MR) is 66.7 cm³/mol. The van der Waals surface area contributed by atoms with E-state index in [4.69, 9.17) is 5.73 Å². The van der Waals surface area contributed by atoms with Crippen molar-refractivity contribution in [3.8, 4) is 0 Å². The van der Waals surface area contributed by atoms with Crippen LogP contribution in [0.1, 0.15) is 17.5 Å². The number of thiocarbonyl (C=S) groups is 1. The highest BCUT2D eigenvalue weighted by Crippen LogP contribution is 2.24. The summed E-state index contributed by atoms with van der Waals surface area (Å²) < 4.78 is 5.15. The van der Waals surface area contributed by atoms with E-state index >= 15 is 0 Å². The first-order valence-corrected chi connectivity index (χ1v) is 5.71. The molecule has 1 heterocycles. The van der Waals surface area contributed by atoms with Gasteiger partial charge in [-0.1, -0.05) is 0 Å². The van der Waals surface area contributed by atoms with Gasteiger partial charge >= 0.3 is 0 Å². The predicted octanol–water partition coefficient (Wildman–Crippen LogP) is 1.77. The quantitative estimate of drug-likeness (QED) is 0.495. The molecule has 1 aromatic rings. The van der Waals surface area contributed by atoms with Gasteiger partial charge in [-0.05, 0) is 53.5 Å². The second-order valence-electron chi connectivity index (χ2n) is 2.58. The lowest BCUT2D eigenvalue weighted by atomic mass is 10.3. The number of rotatable bonds is 2. The van der Waals surface area contributed by atoms with Crippen LogP contribution >= 0.6 is 39.7 Å². The zero-order chi connectivity index (χ0) is 10.7. The lowest BCUT2D eigenvalue weighted by Crippen LogP contribution is -2.25. The average Bonchev–Trinajstić information content (AvgIpc) is 2.44. The molecule has 1 aromatic heterocycles. The summed E-state index contributed by atoms with van der Waals surface area (Å²) in [5.41, 5.74) is 9.54. The Hall–Kier alpha value is -0.530. The lowest BCUT2D eigenvalue weighted by Gasteiger charge is -1.98. The van der Waals surface area contributed by atoms with Gasteiger partial charge in [-0.3, -0.25) is 5.43 Å². The van der Waals surface area contributed by atoms with Crippen LogP contribution in [0.2, 0.25) is 0 Å². The highest BCUT2D eigenvalue weighted by molar-refractivity contribution is 9.10. The second-order valence-corrected chi connectivity index (χ2v) is 4.59. The van der Waals surface area contributed by atoms with Crippen LogP contribution in [0.4, 0.5) is 0 Å². The van der Waals surface area contributed by atoms with Gasteiger partial charge in [0.2, 0.25) is 0 Å². The number of halogens is 1. The SMILES string of the molecule is CC(=NNC(N)=S)c1snc(C)c1Br. The molecule has 14 heavy (non-hydrogen) atoms. The number of aryl methyl sites for hydroxylation is 1. The van der Waals surface area contributed by atoms with Crippen molar-refractivity contribution in [2.75, 3.05) is 0 Å². The van der Waals surface area contributed by atoms with Gasteiger partial charge < -0.3 is 5.73 Å². The van der Waals surface area contributed by atoms with Crippen molar-refractivity contribution in [2.45, 2.75) is 13.8 Å². The molecule has 0 saturated heterocycles. The minimum absolute atomic E-state index is 0.154. The maximum absolute atomic E-state index is 5.25. The lowest BCUT2D eigenvalue weighted by molar-refractivity contribution is 1.03. The van der Waals surface area contributed by atoms with Gasteiger partial charge in [-0.2, -0.15) is 9.47 Å². The normalized spacial score (nSPS) is 11.5. The average molecular weight is 293 g/mol. The number of nitrogens with two attached hydrogens (primary N) is 1. The van der Waals surface area contributed by atoms with E-state index < -0.39 is 0 Å². The Morgan fingerprint density at radius 2 is 2.36 bits per heavy atom.